The van der Waals surface area contributed by atoms with Gasteiger partial charge in [-0.2, -0.15) is 0 Å². The predicted molar refractivity (Wildman–Crippen MR) is 38.1 cm³/mol. The van der Waals surface area contributed by atoms with E-state index in [1.165, 1.54) is 7.11 Å². The lowest BCUT2D eigenvalue weighted by molar-refractivity contribution is -0.154. The number of rotatable bonds is 1. The third-order valence-electron chi connectivity index (χ3n) is 1.74. The number of piperidine rings is 1. The molecule has 0 saturated carbocycles. The van der Waals surface area contributed by atoms with E-state index in [1.54, 1.807) is 0 Å². The molecule has 0 aliphatic carbocycles. The van der Waals surface area contributed by atoms with Crippen LogP contribution >= 0.6 is 0 Å². The van der Waals surface area contributed by atoms with Crippen molar-refractivity contribution in [1.29, 1.82) is 0 Å². The number of Topliss-reactive ketones (excluding diaryl/α,β-unsaturated/α-hetero) is 1. The number of amides is 1. The van der Waals surface area contributed by atoms with Gasteiger partial charge < -0.3 is 10.1 Å². The van der Waals surface area contributed by atoms with Crippen LogP contribution in [0.3, 0.4) is 0 Å². The summed E-state index contributed by atoms with van der Waals surface area (Å²) in [5.74, 6) is -2.93. The molecule has 1 fully saturated rings. The minimum atomic E-state index is -0.899. The van der Waals surface area contributed by atoms with Crippen molar-refractivity contribution in [2.75, 3.05) is 13.7 Å². The topological polar surface area (TPSA) is 72.5 Å². The van der Waals surface area contributed by atoms with Crippen molar-refractivity contribution >= 4 is 17.7 Å². The number of nitrogens with one attached hydrogen (secondary N) is 1. The lowest BCUT2D eigenvalue weighted by Crippen LogP contribution is -2.45. The molecule has 1 aliphatic rings. The van der Waals surface area contributed by atoms with E-state index in [9.17, 15) is 14.4 Å². The lowest BCUT2D eigenvalue weighted by Gasteiger charge is -2.17. The molecule has 0 bridgehead atoms. The number of hydrogen-bond donors (Lipinski definition) is 1. The van der Waals surface area contributed by atoms with E-state index in [1.807, 2.05) is 0 Å². The van der Waals surface area contributed by atoms with Crippen molar-refractivity contribution in [3.05, 3.63) is 0 Å². The maximum Gasteiger partial charge on any atom is 0.316 e. The second-order valence-electron chi connectivity index (χ2n) is 2.48. The molecule has 0 aromatic rings. The van der Waals surface area contributed by atoms with Crippen LogP contribution in [0.2, 0.25) is 0 Å². The highest BCUT2D eigenvalue weighted by molar-refractivity contribution is 6.40. The van der Waals surface area contributed by atoms with Crippen molar-refractivity contribution in [1.82, 2.24) is 5.32 Å². The van der Waals surface area contributed by atoms with Crippen LogP contribution in [0.4, 0.5) is 0 Å². The normalized spacial score (nSPS) is 23.2. The Morgan fingerprint density at radius 2 is 2.25 bits per heavy atom. The Labute approximate surface area is 69.1 Å². The Bertz CT molecular complexity index is 236. The van der Waals surface area contributed by atoms with Gasteiger partial charge >= 0.3 is 5.97 Å². The summed E-state index contributed by atoms with van der Waals surface area (Å²) >= 11 is 0. The standard InChI is InChI=1S/C7H9NO4/c1-12-7(11)4-2-3-8-6(10)5(4)9/h4H,2-3H2,1H3,(H,8,10). The fraction of sp³-hybridized carbons (Fsp3) is 0.571. The van der Waals surface area contributed by atoms with Gasteiger partial charge in [-0.15, -0.1) is 0 Å². The number of ketones is 1. The highest BCUT2D eigenvalue weighted by Crippen LogP contribution is 2.10. The number of carbonyl (C=O) groups excluding carboxylic acids is 3. The zero-order valence-electron chi connectivity index (χ0n) is 6.62. The average molecular weight is 171 g/mol. The van der Waals surface area contributed by atoms with Gasteiger partial charge in [0.1, 0.15) is 5.92 Å². The highest BCUT2D eigenvalue weighted by Gasteiger charge is 2.35. The smallest absolute Gasteiger partial charge is 0.316 e. The molecule has 1 amide bonds. The van der Waals surface area contributed by atoms with Gasteiger partial charge in [0.25, 0.3) is 5.91 Å². The summed E-state index contributed by atoms with van der Waals surface area (Å²) in [5.41, 5.74) is 0. The molecule has 0 aromatic carbocycles. The van der Waals surface area contributed by atoms with Crippen LogP contribution in [0, 0.1) is 5.92 Å². The molecular weight excluding hydrogens is 162 g/mol. The van der Waals surface area contributed by atoms with Crippen molar-refractivity contribution in [3.8, 4) is 0 Å². The number of hydrogen-bond acceptors (Lipinski definition) is 4. The molecule has 5 heteroatoms. The van der Waals surface area contributed by atoms with E-state index in [2.05, 4.69) is 10.1 Å². The predicted octanol–water partition coefficient (Wildman–Crippen LogP) is -1.14. The average Bonchev–Trinajstić information content (AvgIpc) is 2.08. The molecule has 1 saturated heterocycles. The van der Waals surface area contributed by atoms with Crippen LogP contribution in [0.15, 0.2) is 0 Å². The SMILES string of the molecule is COC(=O)C1CCNC(=O)C1=O. The molecule has 1 heterocycles. The summed E-state index contributed by atoms with van der Waals surface area (Å²) in [7, 11) is 1.20. The van der Waals surface area contributed by atoms with E-state index < -0.39 is 23.6 Å². The van der Waals surface area contributed by atoms with Crippen molar-refractivity contribution in [2.45, 2.75) is 6.42 Å². The van der Waals surface area contributed by atoms with Crippen molar-refractivity contribution < 1.29 is 19.1 Å². The quantitative estimate of drug-likeness (QED) is 0.307. The van der Waals surface area contributed by atoms with Crippen LogP contribution in [0.25, 0.3) is 0 Å². The van der Waals surface area contributed by atoms with Gasteiger partial charge in [-0.1, -0.05) is 0 Å². The largest absolute Gasteiger partial charge is 0.468 e. The Balaban J connectivity index is 2.70. The zero-order valence-corrected chi connectivity index (χ0v) is 6.62. The first-order valence-corrected chi connectivity index (χ1v) is 3.56. The molecule has 12 heavy (non-hydrogen) atoms. The van der Waals surface area contributed by atoms with Gasteiger partial charge in [-0.05, 0) is 6.42 Å². The first kappa shape index (κ1) is 8.70. The number of carbonyl (C=O) groups is 3. The summed E-state index contributed by atoms with van der Waals surface area (Å²) < 4.78 is 4.37. The summed E-state index contributed by atoms with van der Waals surface area (Å²) in [5, 5.41) is 2.34. The Hall–Kier alpha value is -1.39. The molecule has 66 valence electrons. The summed E-state index contributed by atoms with van der Waals surface area (Å²) in [6.07, 6.45) is 0.331. The van der Waals surface area contributed by atoms with Crippen molar-refractivity contribution in [3.63, 3.8) is 0 Å². The van der Waals surface area contributed by atoms with Gasteiger partial charge in [0.05, 0.1) is 7.11 Å². The first-order chi connectivity index (χ1) is 5.66. The van der Waals surface area contributed by atoms with Crippen LogP contribution in [0.5, 0.6) is 0 Å². The number of ether oxygens (including phenoxy) is 1. The fourth-order valence-electron chi connectivity index (χ4n) is 1.07. The molecule has 1 aliphatic heterocycles. The van der Waals surface area contributed by atoms with Crippen LogP contribution in [0.1, 0.15) is 6.42 Å². The van der Waals surface area contributed by atoms with Gasteiger partial charge in [0.15, 0.2) is 0 Å². The van der Waals surface area contributed by atoms with E-state index in [4.69, 9.17) is 0 Å². The molecule has 1 unspecified atom stereocenters. The summed E-state index contributed by atoms with van der Waals surface area (Å²) in [4.78, 5) is 32.7. The van der Waals surface area contributed by atoms with Gasteiger partial charge in [0.2, 0.25) is 5.78 Å². The molecule has 5 nitrogen and oxygen atoms in total. The fourth-order valence-corrected chi connectivity index (χ4v) is 1.07. The van der Waals surface area contributed by atoms with Crippen LogP contribution in [-0.2, 0) is 19.1 Å². The molecular formula is C7H9NO4. The minimum Gasteiger partial charge on any atom is -0.468 e. The third kappa shape index (κ3) is 1.44. The molecule has 0 spiro atoms. The maximum absolute atomic E-state index is 11.0. The van der Waals surface area contributed by atoms with Gasteiger partial charge in [0, 0.05) is 6.54 Å². The zero-order chi connectivity index (χ0) is 9.14. The Morgan fingerprint density at radius 1 is 1.58 bits per heavy atom. The number of esters is 1. The lowest BCUT2D eigenvalue weighted by atomic mass is 9.96. The molecule has 0 radical (unpaired) electrons. The number of methoxy groups -OCH3 is 1. The summed E-state index contributed by atoms with van der Waals surface area (Å²) in [6.45, 7) is 0.352. The van der Waals surface area contributed by atoms with Crippen LogP contribution in [-0.4, -0.2) is 31.3 Å². The third-order valence-corrected chi connectivity index (χ3v) is 1.74. The summed E-state index contributed by atoms with van der Waals surface area (Å²) in [6, 6.07) is 0. The van der Waals surface area contributed by atoms with E-state index in [0.717, 1.165) is 0 Å². The van der Waals surface area contributed by atoms with Crippen LogP contribution < -0.4 is 5.32 Å². The minimum absolute atomic E-state index is 0.331. The Kier molecular flexibility index (Phi) is 2.42. The van der Waals surface area contributed by atoms with Gasteiger partial charge in [-0.25, -0.2) is 0 Å². The molecule has 1 N–H and O–H groups in total. The molecule has 0 aromatic heterocycles. The molecule has 1 rings (SSSR count). The second kappa shape index (κ2) is 3.34. The van der Waals surface area contributed by atoms with Crippen molar-refractivity contribution in [2.24, 2.45) is 5.92 Å². The van der Waals surface area contributed by atoms with Gasteiger partial charge in [-0.3, -0.25) is 14.4 Å². The maximum atomic E-state index is 11.0. The Morgan fingerprint density at radius 3 is 2.83 bits per heavy atom. The second-order valence-corrected chi connectivity index (χ2v) is 2.48. The monoisotopic (exact) mass is 171 g/mol. The molecule has 1 atom stereocenters. The first-order valence-electron chi connectivity index (χ1n) is 3.56. The van der Waals surface area contributed by atoms with E-state index in [-0.39, 0.29) is 0 Å². The van der Waals surface area contributed by atoms with E-state index >= 15 is 0 Å². The van der Waals surface area contributed by atoms with E-state index in [0.29, 0.717) is 13.0 Å². The highest BCUT2D eigenvalue weighted by atomic mass is 16.5.